The average Bonchev–Trinajstić information content (AvgIpc) is 2.66. The van der Waals surface area contributed by atoms with Crippen molar-refractivity contribution >= 4 is 17.8 Å². The molecule has 0 atom stereocenters. The van der Waals surface area contributed by atoms with Gasteiger partial charge in [0.15, 0.2) is 6.61 Å². The summed E-state index contributed by atoms with van der Waals surface area (Å²) in [5.41, 5.74) is 0.498. The highest BCUT2D eigenvalue weighted by Gasteiger charge is 2.27. The van der Waals surface area contributed by atoms with Gasteiger partial charge in [-0.15, -0.1) is 0 Å². The Morgan fingerprint density at radius 3 is 2.42 bits per heavy atom. The second kappa shape index (κ2) is 8.85. The first kappa shape index (κ1) is 19.2. The Kier molecular flexibility index (Phi) is 6.55. The Labute approximate surface area is 151 Å². The van der Waals surface area contributed by atoms with Crippen LogP contribution in [-0.4, -0.2) is 66.0 Å². The van der Waals surface area contributed by atoms with Crippen LogP contribution in [0.25, 0.3) is 0 Å². The molecular weight excluding hydrogens is 338 g/mol. The van der Waals surface area contributed by atoms with Gasteiger partial charge >= 0.3 is 5.97 Å². The zero-order chi connectivity index (χ0) is 19.1. The zero-order valence-electron chi connectivity index (χ0n) is 14.6. The first-order chi connectivity index (χ1) is 12.4. The van der Waals surface area contributed by atoms with E-state index in [0.717, 1.165) is 0 Å². The molecule has 0 unspecified atom stereocenters. The van der Waals surface area contributed by atoms with E-state index in [1.165, 1.54) is 11.9 Å². The summed E-state index contributed by atoms with van der Waals surface area (Å²) in [5.74, 6) is -1.32. The summed E-state index contributed by atoms with van der Waals surface area (Å²) in [6.45, 7) is 0.489. The summed E-state index contributed by atoms with van der Waals surface area (Å²) < 4.78 is 5.37. The second-order valence-corrected chi connectivity index (χ2v) is 6.17. The Hall–Kier alpha value is -3.08. The number of carboxylic acids is 1. The summed E-state index contributed by atoms with van der Waals surface area (Å²) in [6, 6.07) is 8.38. The molecule has 8 nitrogen and oxygen atoms in total. The molecule has 1 heterocycles. The highest BCUT2D eigenvalue weighted by atomic mass is 16.5. The normalized spacial score (nSPS) is 14.4. The molecule has 0 spiro atoms. The summed E-state index contributed by atoms with van der Waals surface area (Å²) in [4.78, 5) is 38.2. The maximum absolute atomic E-state index is 12.2. The predicted octanol–water partition coefficient (Wildman–Crippen LogP) is 0.719. The summed E-state index contributed by atoms with van der Waals surface area (Å²) in [6.07, 6.45) is 0.862. The smallest absolute Gasteiger partial charge is 0.306 e. The zero-order valence-corrected chi connectivity index (χ0v) is 14.6. The Morgan fingerprint density at radius 2 is 1.88 bits per heavy atom. The number of piperidine rings is 1. The fourth-order valence-electron chi connectivity index (χ4n) is 2.65. The van der Waals surface area contributed by atoms with Crippen LogP contribution in [0.2, 0.25) is 0 Å². The number of likely N-dealkylation sites (tertiary alicyclic amines) is 1. The largest absolute Gasteiger partial charge is 0.484 e. The molecule has 1 saturated heterocycles. The van der Waals surface area contributed by atoms with Gasteiger partial charge in [0.05, 0.1) is 24.1 Å². The third kappa shape index (κ3) is 5.21. The number of nitriles is 1. The molecule has 138 valence electrons. The maximum atomic E-state index is 12.2. The Morgan fingerprint density at radius 1 is 1.27 bits per heavy atom. The van der Waals surface area contributed by atoms with Gasteiger partial charge in [0.25, 0.3) is 5.91 Å². The molecule has 2 amide bonds. The minimum absolute atomic E-state index is 0.0761. The Bertz CT molecular complexity index is 703. The van der Waals surface area contributed by atoms with E-state index >= 15 is 0 Å². The van der Waals surface area contributed by atoms with Crippen LogP contribution >= 0.6 is 0 Å². The van der Waals surface area contributed by atoms with Crippen molar-refractivity contribution in [2.75, 3.05) is 33.3 Å². The van der Waals surface area contributed by atoms with E-state index in [9.17, 15) is 14.4 Å². The van der Waals surface area contributed by atoms with Crippen LogP contribution in [0.5, 0.6) is 5.75 Å². The fourth-order valence-corrected chi connectivity index (χ4v) is 2.65. The number of benzene rings is 1. The van der Waals surface area contributed by atoms with Gasteiger partial charge in [0.1, 0.15) is 5.75 Å². The van der Waals surface area contributed by atoms with Crippen molar-refractivity contribution in [1.29, 1.82) is 5.26 Å². The molecule has 1 aliphatic heterocycles. The molecule has 0 saturated carbocycles. The molecule has 1 fully saturated rings. The van der Waals surface area contributed by atoms with E-state index in [1.54, 1.807) is 29.2 Å². The van der Waals surface area contributed by atoms with Gasteiger partial charge in [-0.25, -0.2) is 0 Å². The first-order valence-corrected chi connectivity index (χ1v) is 8.28. The minimum Gasteiger partial charge on any atom is -0.484 e. The van der Waals surface area contributed by atoms with Gasteiger partial charge in [-0.1, -0.05) is 0 Å². The van der Waals surface area contributed by atoms with Gasteiger partial charge in [-0.2, -0.15) is 5.26 Å². The summed E-state index contributed by atoms with van der Waals surface area (Å²) in [5, 5.41) is 17.7. The number of rotatable bonds is 6. The quantitative estimate of drug-likeness (QED) is 0.801. The van der Waals surface area contributed by atoms with Crippen LogP contribution < -0.4 is 4.74 Å². The maximum Gasteiger partial charge on any atom is 0.306 e. The van der Waals surface area contributed by atoms with Crippen LogP contribution in [0, 0.1) is 17.2 Å². The van der Waals surface area contributed by atoms with Gasteiger partial charge in [-0.3, -0.25) is 14.4 Å². The fraction of sp³-hybridized carbons (Fsp3) is 0.444. The average molecular weight is 359 g/mol. The van der Waals surface area contributed by atoms with E-state index in [-0.39, 0.29) is 25.0 Å². The van der Waals surface area contributed by atoms with Crippen LogP contribution in [0.3, 0.4) is 0 Å². The molecular formula is C18H21N3O5. The lowest BCUT2D eigenvalue weighted by atomic mass is 9.97. The number of carbonyl (C=O) groups is 3. The molecule has 8 heteroatoms. The predicted molar refractivity (Wildman–Crippen MR) is 91.2 cm³/mol. The Balaban J connectivity index is 1.76. The third-order valence-corrected chi connectivity index (χ3v) is 4.34. The number of nitrogens with zero attached hydrogens (tertiary/aromatic N) is 3. The number of ether oxygens (including phenoxy) is 1. The van der Waals surface area contributed by atoms with Crippen molar-refractivity contribution in [1.82, 2.24) is 9.80 Å². The number of hydrogen-bond donors (Lipinski definition) is 1. The molecule has 1 aromatic rings. The van der Waals surface area contributed by atoms with E-state index in [1.807, 2.05) is 6.07 Å². The molecule has 1 aliphatic rings. The first-order valence-electron chi connectivity index (χ1n) is 8.28. The molecule has 1 aromatic carbocycles. The number of aliphatic carboxylic acids is 1. The van der Waals surface area contributed by atoms with Crippen LogP contribution in [0.1, 0.15) is 18.4 Å². The van der Waals surface area contributed by atoms with Gasteiger partial charge < -0.3 is 19.6 Å². The van der Waals surface area contributed by atoms with E-state index in [0.29, 0.717) is 37.2 Å². The van der Waals surface area contributed by atoms with E-state index < -0.39 is 11.9 Å². The van der Waals surface area contributed by atoms with Crippen molar-refractivity contribution in [2.24, 2.45) is 5.92 Å². The number of carbonyl (C=O) groups excluding carboxylic acids is 2. The molecule has 0 aromatic heterocycles. The lowest BCUT2D eigenvalue weighted by molar-refractivity contribution is -0.146. The third-order valence-electron chi connectivity index (χ3n) is 4.34. The standard InChI is InChI=1S/C18H21N3O5/c1-20(11-16(22)21-8-6-14(7-9-21)18(24)25)17(23)12-26-15-4-2-13(10-19)3-5-15/h2-5,14H,6-9,11-12H2,1H3,(H,24,25). The highest BCUT2D eigenvalue weighted by Crippen LogP contribution is 2.17. The topological polar surface area (TPSA) is 111 Å². The molecule has 0 bridgehead atoms. The molecule has 0 radical (unpaired) electrons. The van der Waals surface area contributed by atoms with Crippen molar-refractivity contribution < 1.29 is 24.2 Å². The molecule has 2 rings (SSSR count). The highest BCUT2D eigenvalue weighted by molar-refractivity contribution is 5.85. The van der Waals surface area contributed by atoms with Crippen LogP contribution in [0.15, 0.2) is 24.3 Å². The summed E-state index contributed by atoms with van der Waals surface area (Å²) in [7, 11) is 1.52. The van der Waals surface area contributed by atoms with Crippen molar-refractivity contribution in [2.45, 2.75) is 12.8 Å². The number of carboxylic acid groups (broad SMARTS) is 1. The number of likely N-dealkylation sites (N-methyl/N-ethyl adjacent to an activating group) is 1. The lowest BCUT2D eigenvalue weighted by Gasteiger charge is -2.31. The van der Waals surface area contributed by atoms with Crippen LogP contribution in [0.4, 0.5) is 0 Å². The van der Waals surface area contributed by atoms with E-state index in [4.69, 9.17) is 15.1 Å². The van der Waals surface area contributed by atoms with Crippen molar-refractivity contribution in [3.05, 3.63) is 29.8 Å². The monoisotopic (exact) mass is 359 g/mol. The minimum atomic E-state index is -0.829. The molecule has 26 heavy (non-hydrogen) atoms. The van der Waals surface area contributed by atoms with Gasteiger partial charge in [0.2, 0.25) is 5.91 Å². The SMILES string of the molecule is CN(CC(=O)N1CCC(C(=O)O)CC1)C(=O)COc1ccc(C#N)cc1. The van der Waals surface area contributed by atoms with Gasteiger partial charge in [0, 0.05) is 20.1 Å². The van der Waals surface area contributed by atoms with Gasteiger partial charge in [-0.05, 0) is 37.1 Å². The lowest BCUT2D eigenvalue weighted by Crippen LogP contribution is -2.46. The second-order valence-electron chi connectivity index (χ2n) is 6.17. The van der Waals surface area contributed by atoms with Crippen LogP contribution in [-0.2, 0) is 14.4 Å². The summed E-state index contributed by atoms with van der Waals surface area (Å²) >= 11 is 0. The number of hydrogen-bond acceptors (Lipinski definition) is 5. The van der Waals surface area contributed by atoms with E-state index in [2.05, 4.69) is 0 Å². The molecule has 0 aliphatic carbocycles. The van der Waals surface area contributed by atoms with Crippen molar-refractivity contribution in [3.8, 4) is 11.8 Å². The molecule has 1 N–H and O–H groups in total. The van der Waals surface area contributed by atoms with Crippen molar-refractivity contribution in [3.63, 3.8) is 0 Å². The number of amides is 2.